The molecule has 0 saturated heterocycles. The number of hydrogen-bond acceptors (Lipinski definition) is 15. The first-order chi connectivity index (χ1) is 40.0. The van der Waals surface area contributed by atoms with Crippen LogP contribution in [0.15, 0.2) is 0 Å². The molecule has 2 unspecified atom stereocenters. The normalized spacial score (nSPS) is 14.2. The predicted octanol–water partition coefficient (Wildman–Crippen LogP) is 17.8. The predicted molar refractivity (Wildman–Crippen MR) is 331 cm³/mol. The van der Waals surface area contributed by atoms with Crippen LogP contribution in [-0.2, 0) is 65.4 Å². The van der Waals surface area contributed by atoms with Crippen molar-refractivity contribution >= 4 is 39.5 Å². The van der Waals surface area contributed by atoms with E-state index in [0.29, 0.717) is 25.7 Å². The maximum absolute atomic E-state index is 13.0. The topological polar surface area (TPSA) is 237 Å². The fourth-order valence-electron chi connectivity index (χ4n) is 9.58. The van der Waals surface area contributed by atoms with Crippen molar-refractivity contribution in [1.29, 1.82) is 0 Å². The van der Waals surface area contributed by atoms with Crippen LogP contribution in [0.2, 0.25) is 0 Å². The van der Waals surface area contributed by atoms with E-state index >= 15 is 0 Å². The summed E-state index contributed by atoms with van der Waals surface area (Å²) in [5.74, 6) is -1.34. The van der Waals surface area contributed by atoms with Crippen LogP contribution in [0.25, 0.3) is 0 Å². The Morgan fingerprint density at radius 2 is 0.554 bits per heavy atom. The van der Waals surface area contributed by atoms with Gasteiger partial charge in [-0.25, -0.2) is 9.13 Å². The summed E-state index contributed by atoms with van der Waals surface area (Å²) in [6, 6.07) is 0. The van der Waals surface area contributed by atoms with Crippen molar-refractivity contribution in [2.45, 2.75) is 342 Å². The van der Waals surface area contributed by atoms with Crippen LogP contribution in [0.5, 0.6) is 0 Å². The van der Waals surface area contributed by atoms with E-state index < -0.39 is 97.5 Å². The summed E-state index contributed by atoms with van der Waals surface area (Å²) in [7, 11) is -9.88. The molecule has 0 fully saturated rings. The molecule has 17 nitrogen and oxygen atoms in total. The van der Waals surface area contributed by atoms with E-state index in [1.807, 2.05) is 0 Å². The van der Waals surface area contributed by atoms with Crippen molar-refractivity contribution in [2.24, 2.45) is 5.92 Å². The van der Waals surface area contributed by atoms with Gasteiger partial charge in [0.15, 0.2) is 12.2 Å². The van der Waals surface area contributed by atoms with Gasteiger partial charge in [-0.2, -0.15) is 0 Å². The van der Waals surface area contributed by atoms with Gasteiger partial charge in [0.1, 0.15) is 19.3 Å². The van der Waals surface area contributed by atoms with Crippen molar-refractivity contribution in [3.63, 3.8) is 0 Å². The minimum absolute atomic E-state index is 0.105. The van der Waals surface area contributed by atoms with Crippen molar-refractivity contribution < 1.29 is 80.2 Å². The average molecular weight is 1230 g/mol. The Morgan fingerprint density at radius 1 is 0.325 bits per heavy atom. The van der Waals surface area contributed by atoms with E-state index in [2.05, 4.69) is 34.6 Å². The molecule has 19 heteroatoms. The summed E-state index contributed by atoms with van der Waals surface area (Å²) < 4.78 is 67.8. The lowest BCUT2D eigenvalue weighted by Crippen LogP contribution is -2.30. The van der Waals surface area contributed by atoms with Gasteiger partial charge in [0.05, 0.1) is 26.4 Å². The second kappa shape index (κ2) is 57.8. The standard InChI is InChI=1S/C64H124O17P2/c1-6-9-12-15-18-27-33-38-43-48-62(67)75-54-60(81-64(69)50-45-40-35-30-26-24-22-20-21-23-25-29-32-36-41-46-57(4)5)56-79-83(72,73)77-52-58(65)51-76-82(70,71)78-55-59(53-74-61(66)47-42-37-31-17-14-11-8-3)80-63(68)49-44-39-34-28-19-16-13-10-7-2/h57-60,65H,6-56H2,1-5H3,(H,70,71)(H,72,73)/t58-,59+,60+/m0/s1. The van der Waals surface area contributed by atoms with Gasteiger partial charge >= 0.3 is 39.5 Å². The zero-order chi connectivity index (χ0) is 61.3. The summed E-state index contributed by atoms with van der Waals surface area (Å²) in [6.45, 7) is 7.15. The van der Waals surface area contributed by atoms with Gasteiger partial charge < -0.3 is 33.8 Å². The number of ether oxygens (including phenoxy) is 4. The molecule has 0 aliphatic carbocycles. The first-order valence-corrected chi connectivity index (χ1v) is 36.6. The Labute approximate surface area is 505 Å². The molecule has 0 aliphatic heterocycles. The number of rotatable bonds is 64. The molecule has 0 saturated carbocycles. The van der Waals surface area contributed by atoms with E-state index in [4.69, 9.17) is 37.0 Å². The minimum atomic E-state index is -4.94. The van der Waals surface area contributed by atoms with E-state index in [0.717, 1.165) is 109 Å². The highest BCUT2D eigenvalue weighted by Gasteiger charge is 2.30. The molecule has 0 aromatic heterocycles. The molecule has 0 aromatic rings. The Morgan fingerprint density at radius 3 is 0.819 bits per heavy atom. The first-order valence-electron chi connectivity index (χ1n) is 33.6. The summed E-state index contributed by atoms with van der Waals surface area (Å²) in [5.41, 5.74) is 0. The molecule has 5 atom stereocenters. The largest absolute Gasteiger partial charge is 0.472 e. The fraction of sp³-hybridized carbons (Fsp3) is 0.938. The molecule has 0 rings (SSSR count). The Hall–Kier alpha value is -1.94. The van der Waals surface area contributed by atoms with Crippen LogP contribution in [0.3, 0.4) is 0 Å². The number of aliphatic hydroxyl groups excluding tert-OH is 1. The zero-order valence-electron chi connectivity index (χ0n) is 53.3. The van der Waals surface area contributed by atoms with E-state index in [1.54, 1.807) is 0 Å². The molecule has 0 aromatic carbocycles. The summed E-state index contributed by atoms with van der Waals surface area (Å²) in [6.07, 6.45) is 41.8. The van der Waals surface area contributed by atoms with Gasteiger partial charge in [-0.15, -0.1) is 0 Å². The third-order valence-corrected chi connectivity index (χ3v) is 16.7. The third-order valence-electron chi connectivity index (χ3n) is 14.8. The molecule has 0 radical (unpaired) electrons. The van der Waals surface area contributed by atoms with Crippen molar-refractivity contribution in [3.05, 3.63) is 0 Å². The molecular weight excluding hydrogens is 1100 g/mol. The van der Waals surface area contributed by atoms with Crippen molar-refractivity contribution in [1.82, 2.24) is 0 Å². The number of carbonyl (C=O) groups is 4. The smallest absolute Gasteiger partial charge is 0.462 e. The average Bonchev–Trinajstić information content (AvgIpc) is 3.45. The van der Waals surface area contributed by atoms with Gasteiger partial charge in [-0.05, 0) is 31.6 Å². The highest BCUT2D eigenvalue weighted by molar-refractivity contribution is 7.47. The quantitative estimate of drug-likeness (QED) is 0.0222. The SMILES string of the molecule is CCCCCCCCCCCC(=O)OC[C@H](COP(=O)(O)OC[C@@H](O)COP(=O)(O)OC[C@@H](COC(=O)CCCCCCCCC)OC(=O)CCCCCCCCCCC)OC(=O)CCCCCCCCCCCCCCCCCC(C)C. The number of phosphoric acid groups is 2. The number of carbonyl (C=O) groups excluding carboxylic acids is 4. The van der Waals surface area contributed by atoms with Gasteiger partial charge in [0.25, 0.3) is 0 Å². The summed E-state index contributed by atoms with van der Waals surface area (Å²) >= 11 is 0. The van der Waals surface area contributed by atoms with Crippen LogP contribution < -0.4 is 0 Å². The molecule has 83 heavy (non-hydrogen) atoms. The first kappa shape index (κ1) is 81.1. The molecule has 492 valence electrons. The summed E-state index contributed by atoms with van der Waals surface area (Å²) in [5, 5.41) is 10.5. The lowest BCUT2D eigenvalue weighted by molar-refractivity contribution is -0.161. The Bertz CT molecular complexity index is 1620. The number of unbranched alkanes of at least 4 members (excludes halogenated alkanes) is 36. The Kier molecular flexibility index (Phi) is 56.4. The highest BCUT2D eigenvalue weighted by Crippen LogP contribution is 2.45. The summed E-state index contributed by atoms with van der Waals surface area (Å²) in [4.78, 5) is 72.0. The maximum atomic E-state index is 13.0. The van der Waals surface area contributed by atoms with Crippen LogP contribution in [-0.4, -0.2) is 96.7 Å². The molecular formula is C64H124O17P2. The number of phosphoric ester groups is 2. The second-order valence-corrected chi connectivity index (χ2v) is 26.5. The van der Waals surface area contributed by atoms with E-state index in [9.17, 15) is 43.2 Å². The number of esters is 4. The van der Waals surface area contributed by atoms with Crippen LogP contribution in [0.4, 0.5) is 0 Å². The minimum Gasteiger partial charge on any atom is -0.462 e. The zero-order valence-corrected chi connectivity index (χ0v) is 55.1. The van der Waals surface area contributed by atoms with Crippen molar-refractivity contribution in [3.8, 4) is 0 Å². The third kappa shape index (κ3) is 58.8. The van der Waals surface area contributed by atoms with E-state index in [1.165, 1.54) is 135 Å². The van der Waals surface area contributed by atoms with Gasteiger partial charge in [-0.1, -0.05) is 272 Å². The van der Waals surface area contributed by atoms with Gasteiger partial charge in [0.2, 0.25) is 0 Å². The van der Waals surface area contributed by atoms with Crippen LogP contribution in [0.1, 0.15) is 324 Å². The van der Waals surface area contributed by atoms with Gasteiger partial charge in [-0.3, -0.25) is 37.3 Å². The Balaban J connectivity index is 5.14. The number of aliphatic hydroxyl groups is 1. The molecule has 0 aliphatic rings. The monoisotopic (exact) mass is 1230 g/mol. The van der Waals surface area contributed by atoms with E-state index in [-0.39, 0.29) is 25.7 Å². The number of hydrogen-bond donors (Lipinski definition) is 3. The highest BCUT2D eigenvalue weighted by atomic mass is 31.2. The molecule has 0 spiro atoms. The lowest BCUT2D eigenvalue weighted by atomic mass is 10.0. The molecule has 0 bridgehead atoms. The van der Waals surface area contributed by atoms with Crippen LogP contribution in [0, 0.1) is 5.92 Å². The fourth-order valence-corrected chi connectivity index (χ4v) is 11.2. The molecule has 0 amide bonds. The molecule has 0 heterocycles. The lowest BCUT2D eigenvalue weighted by Gasteiger charge is -2.21. The second-order valence-electron chi connectivity index (χ2n) is 23.6. The van der Waals surface area contributed by atoms with Gasteiger partial charge in [0, 0.05) is 25.7 Å². The molecule has 3 N–H and O–H groups in total. The van der Waals surface area contributed by atoms with Crippen molar-refractivity contribution in [2.75, 3.05) is 39.6 Å². The maximum Gasteiger partial charge on any atom is 0.472 e. The van der Waals surface area contributed by atoms with Crippen LogP contribution >= 0.6 is 15.6 Å².